The van der Waals surface area contributed by atoms with Crippen molar-refractivity contribution in [1.82, 2.24) is 30.0 Å². The highest BCUT2D eigenvalue weighted by molar-refractivity contribution is 5.96. The molecule has 29 heavy (non-hydrogen) atoms. The van der Waals surface area contributed by atoms with Crippen LogP contribution in [0.15, 0.2) is 53.2 Å². The molecular weight excluding hydrogens is 370 g/mol. The molecule has 0 saturated carbocycles. The summed E-state index contributed by atoms with van der Waals surface area (Å²) in [6.45, 7) is 2.55. The number of nitrogens with zero attached hydrogens (tertiary/aromatic N) is 6. The van der Waals surface area contributed by atoms with Crippen molar-refractivity contribution < 1.29 is 9.26 Å². The molecule has 0 amide bonds. The lowest BCUT2D eigenvalue weighted by Gasteiger charge is -2.10. The zero-order valence-electron chi connectivity index (χ0n) is 15.6. The first-order valence-corrected chi connectivity index (χ1v) is 9.07. The third-order valence-electron chi connectivity index (χ3n) is 4.56. The van der Waals surface area contributed by atoms with Crippen LogP contribution in [-0.2, 0) is 13.2 Å². The van der Waals surface area contributed by atoms with Crippen LogP contribution in [0, 0.1) is 6.92 Å². The minimum atomic E-state index is 0.320. The molecule has 4 aromatic heterocycles. The Hall–Kier alpha value is -3.85. The lowest BCUT2D eigenvalue weighted by molar-refractivity contribution is 0.293. The average Bonchev–Trinajstić information content (AvgIpc) is 3.38. The molecule has 0 aliphatic heterocycles. The lowest BCUT2D eigenvalue weighted by atomic mass is 10.2. The van der Waals surface area contributed by atoms with Gasteiger partial charge in [-0.05, 0) is 19.1 Å². The van der Waals surface area contributed by atoms with Crippen LogP contribution in [0.25, 0.3) is 27.9 Å². The Morgan fingerprint density at radius 3 is 2.69 bits per heavy atom. The van der Waals surface area contributed by atoms with E-state index in [0.717, 1.165) is 22.0 Å². The van der Waals surface area contributed by atoms with Crippen molar-refractivity contribution in [2.45, 2.75) is 20.1 Å². The Kier molecular flexibility index (Phi) is 4.14. The van der Waals surface area contributed by atoms with Crippen LogP contribution in [0.5, 0.6) is 5.88 Å². The summed E-state index contributed by atoms with van der Waals surface area (Å²) < 4.78 is 12.9. The molecule has 144 valence electrons. The summed E-state index contributed by atoms with van der Waals surface area (Å²) in [5, 5.41) is 19.0. The van der Waals surface area contributed by atoms with Crippen LogP contribution in [0.4, 0.5) is 0 Å². The van der Waals surface area contributed by atoms with E-state index in [1.165, 1.54) is 0 Å². The minimum absolute atomic E-state index is 0.320. The molecule has 5 aromatic rings. The van der Waals surface area contributed by atoms with E-state index in [4.69, 9.17) is 15.0 Å². The Bertz CT molecular complexity index is 1310. The first-order chi connectivity index (χ1) is 14.2. The highest BCUT2D eigenvalue weighted by atomic mass is 16.5. The van der Waals surface area contributed by atoms with E-state index in [1.54, 1.807) is 16.8 Å². The summed E-state index contributed by atoms with van der Waals surface area (Å²) in [6, 6.07) is 13.4. The fourth-order valence-corrected chi connectivity index (χ4v) is 3.10. The summed E-state index contributed by atoms with van der Waals surface area (Å²) in [7, 11) is 0. The van der Waals surface area contributed by atoms with Crippen LogP contribution in [-0.4, -0.2) is 30.0 Å². The van der Waals surface area contributed by atoms with Gasteiger partial charge in [0, 0.05) is 35.1 Å². The summed E-state index contributed by atoms with van der Waals surface area (Å²) in [6.07, 6.45) is 1.76. The minimum Gasteiger partial charge on any atom is -0.471 e. The van der Waals surface area contributed by atoms with E-state index in [2.05, 4.69) is 25.4 Å². The van der Waals surface area contributed by atoms with Gasteiger partial charge in [-0.1, -0.05) is 29.4 Å². The van der Waals surface area contributed by atoms with E-state index in [1.807, 2.05) is 43.3 Å². The van der Waals surface area contributed by atoms with Gasteiger partial charge in [-0.2, -0.15) is 4.52 Å². The molecule has 9 nitrogen and oxygen atoms in total. The highest BCUT2D eigenvalue weighted by Gasteiger charge is 2.18. The van der Waals surface area contributed by atoms with Gasteiger partial charge < -0.3 is 15.0 Å². The highest BCUT2D eigenvalue weighted by Crippen LogP contribution is 2.29. The summed E-state index contributed by atoms with van der Waals surface area (Å²) in [5.74, 6) is 1.64. The van der Waals surface area contributed by atoms with Crippen molar-refractivity contribution in [3.8, 4) is 17.4 Å². The van der Waals surface area contributed by atoms with Gasteiger partial charge in [0.05, 0.1) is 5.69 Å². The van der Waals surface area contributed by atoms with Crippen LogP contribution in [0.2, 0.25) is 0 Å². The van der Waals surface area contributed by atoms with Gasteiger partial charge >= 0.3 is 0 Å². The summed E-state index contributed by atoms with van der Waals surface area (Å²) in [5.41, 5.74) is 8.54. The van der Waals surface area contributed by atoms with E-state index in [9.17, 15) is 0 Å². The summed E-state index contributed by atoms with van der Waals surface area (Å²) in [4.78, 5) is 4.30. The SMILES string of the molecule is Cc1cc(-c2nnc3c4ccccc4c(OCc4ccc(CN)nc4)nn23)no1. The van der Waals surface area contributed by atoms with E-state index < -0.39 is 0 Å². The monoisotopic (exact) mass is 387 g/mol. The maximum atomic E-state index is 6.05. The van der Waals surface area contributed by atoms with E-state index in [0.29, 0.717) is 42.0 Å². The topological polar surface area (TPSA) is 117 Å². The largest absolute Gasteiger partial charge is 0.471 e. The number of hydrogen-bond acceptors (Lipinski definition) is 8. The van der Waals surface area contributed by atoms with Gasteiger partial charge in [0.15, 0.2) is 11.3 Å². The molecule has 0 aliphatic rings. The van der Waals surface area contributed by atoms with Crippen LogP contribution < -0.4 is 10.5 Å². The fraction of sp³-hybridized carbons (Fsp3) is 0.150. The second-order valence-corrected chi connectivity index (χ2v) is 6.58. The van der Waals surface area contributed by atoms with Gasteiger partial charge in [-0.3, -0.25) is 4.98 Å². The number of aryl methyl sites for hydroxylation is 1. The second-order valence-electron chi connectivity index (χ2n) is 6.58. The van der Waals surface area contributed by atoms with Crippen molar-refractivity contribution >= 4 is 16.4 Å². The molecule has 5 rings (SSSR count). The molecular formula is C20H17N7O2. The fourth-order valence-electron chi connectivity index (χ4n) is 3.10. The molecule has 0 atom stereocenters. The molecule has 1 aromatic carbocycles. The Morgan fingerprint density at radius 1 is 1.10 bits per heavy atom. The Balaban J connectivity index is 1.59. The third kappa shape index (κ3) is 3.07. The van der Waals surface area contributed by atoms with Gasteiger partial charge in [-0.15, -0.1) is 15.3 Å². The predicted molar refractivity (Wildman–Crippen MR) is 105 cm³/mol. The van der Waals surface area contributed by atoms with Gasteiger partial charge in [0.25, 0.3) is 0 Å². The number of hydrogen-bond donors (Lipinski definition) is 1. The number of fused-ring (bicyclic) bond motifs is 3. The van der Waals surface area contributed by atoms with E-state index in [-0.39, 0.29) is 0 Å². The molecule has 0 radical (unpaired) electrons. The number of pyridine rings is 1. The third-order valence-corrected chi connectivity index (χ3v) is 4.56. The summed E-state index contributed by atoms with van der Waals surface area (Å²) >= 11 is 0. The number of rotatable bonds is 5. The van der Waals surface area contributed by atoms with Gasteiger partial charge in [-0.25, -0.2) is 0 Å². The first-order valence-electron chi connectivity index (χ1n) is 9.07. The smallest absolute Gasteiger partial charge is 0.240 e. The first kappa shape index (κ1) is 17.3. The number of ether oxygens (including phenoxy) is 1. The molecule has 0 aliphatic carbocycles. The number of nitrogens with two attached hydrogens (primary N) is 1. The van der Waals surface area contributed by atoms with Crippen molar-refractivity contribution in [2.24, 2.45) is 5.73 Å². The predicted octanol–water partition coefficient (Wildman–Crippen LogP) is 2.67. The van der Waals surface area contributed by atoms with Crippen molar-refractivity contribution in [2.75, 3.05) is 0 Å². The van der Waals surface area contributed by atoms with Crippen molar-refractivity contribution in [1.29, 1.82) is 0 Å². The maximum Gasteiger partial charge on any atom is 0.240 e. The number of aromatic nitrogens is 6. The zero-order chi connectivity index (χ0) is 19.8. The molecule has 0 saturated heterocycles. The van der Waals surface area contributed by atoms with Crippen molar-refractivity contribution in [3.05, 3.63) is 65.7 Å². The zero-order valence-corrected chi connectivity index (χ0v) is 15.6. The number of benzene rings is 1. The Labute approximate surface area is 165 Å². The molecule has 0 spiro atoms. The average molecular weight is 387 g/mol. The maximum absolute atomic E-state index is 6.05. The van der Waals surface area contributed by atoms with Crippen LogP contribution >= 0.6 is 0 Å². The van der Waals surface area contributed by atoms with Crippen LogP contribution in [0.3, 0.4) is 0 Å². The van der Waals surface area contributed by atoms with Gasteiger partial charge in [0.1, 0.15) is 12.4 Å². The quantitative estimate of drug-likeness (QED) is 0.489. The van der Waals surface area contributed by atoms with Crippen LogP contribution in [0.1, 0.15) is 17.0 Å². The van der Waals surface area contributed by atoms with E-state index >= 15 is 0 Å². The molecule has 4 heterocycles. The standard InChI is InChI=1S/C20H17N7O2/c1-12-8-17(26-29-12)19-24-23-18-15-4-2-3-5-16(15)20(25-27(18)19)28-11-13-6-7-14(9-21)22-10-13/h2-8,10H,9,11,21H2,1H3. The molecule has 0 fully saturated rings. The second kappa shape index (κ2) is 6.95. The molecule has 0 unspecified atom stereocenters. The molecule has 2 N–H and O–H groups in total. The molecule has 9 heteroatoms. The normalized spacial score (nSPS) is 11.4. The lowest BCUT2D eigenvalue weighted by Crippen LogP contribution is -2.04. The Morgan fingerprint density at radius 2 is 1.97 bits per heavy atom. The van der Waals surface area contributed by atoms with Crippen molar-refractivity contribution in [3.63, 3.8) is 0 Å². The molecule has 0 bridgehead atoms. The van der Waals surface area contributed by atoms with Gasteiger partial charge in [0.2, 0.25) is 11.7 Å².